The molecule has 0 aliphatic carbocycles. The van der Waals surface area contributed by atoms with Crippen LogP contribution in [0.3, 0.4) is 0 Å². The molecule has 1 aromatic carbocycles. The highest BCUT2D eigenvalue weighted by Crippen LogP contribution is 2.30. The lowest BCUT2D eigenvalue weighted by atomic mass is 9.96. The summed E-state index contributed by atoms with van der Waals surface area (Å²) in [5.41, 5.74) is 5.04. The van der Waals surface area contributed by atoms with Crippen molar-refractivity contribution in [1.82, 2.24) is 15.1 Å². The van der Waals surface area contributed by atoms with Crippen LogP contribution in [0.5, 0.6) is 0 Å². The molecule has 0 aliphatic heterocycles. The monoisotopic (exact) mass is 271 g/mol. The summed E-state index contributed by atoms with van der Waals surface area (Å²) in [6.45, 7) is 9.63. The first kappa shape index (κ1) is 14.8. The fourth-order valence-corrected chi connectivity index (χ4v) is 2.39. The second-order valence-corrected chi connectivity index (χ2v) is 5.95. The highest BCUT2D eigenvalue weighted by molar-refractivity contribution is 5.69. The molecule has 0 spiro atoms. The molecule has 2 aromatic rings. The van der Waals surface area contributed by atoms with Crippen molar-refractivity contribution in [2.45, 2.75) is 46.2 Å². The summed E-state index contributed by atoms with van der Waals surface area (Å²) in [4.78, 5) is 0. The maximum atomic E-state index is 4.62. The van der Waals surface area contributed by atoms with E-state index in [0.29, 0.717) is 12.0 Å². The highest BCUT2D eigenvalue weighted by atomic mass is 15.3. The zero-order valence-electron chi connectivity index (χ0n) is 13.1. The van der Waals surface area contributed by atoms with Crippen LogP contribution in [0.25, 0.3) is 11.1 Å². The fourth-order valence-electron chi connectivity index (χ4n) is 2.39. The minimum atomic E-state index is 0.428. The van der Waals surface area contributed by atoms with Crippen LogP contribution < -0.4 is 5.32 Å². The molecule has 1 N–H and O–H groups in total. The molecule has 3 heteroatoms. The van der Waals surface area contributed by atoms with Crippen molar-refractivity contribution in [3.05, 3.63) is 41.7 Å². The van der Waals surface area contributed by atoms with Crippen molar-refractivity contribution in [1.29, 1.82) is 0 Å². The predicted octanol–water partition coefficient (Wildman–Crippen LogP) is 3.71. The van der Waals surface area contributed by atoms with E-state index < -0.39 is 0 Å². The average molecular weight is 271 g/mol. The van der Waals surface area contributed by atoms with Crippen LogP contribution in [0.4, 0.5) is 0 Å². The van der Waals surface area contributed by atoms with Gasteiger partial charge in [0.15, 0.2) is 0 Å². The number of aryl methyl sites for hydroxylation is 1. The van der Waals surface area contributed by atoms with Crippen LogP contribution >= 0.6 is 0 Å². The Balaban J connectivity index is 2.42. The van der Waals surface area contributed by atoms with Gasteiger partial charge in [-0.25, -0.2) is 0 Å². The Kier molecular flexibility index (Phi) is 4.61. The first-order valence-corrected chi connectivity index (χ1v) is 7.34. The van der Waals surface area contributed by atoms with Crippen LogP contribution in [0.1, 0.15) is 44.9 Å². The maximum absolute atomic E-state index is 4.62. The Morgan fingerprint density at radius 1 is 1.10 bits per heavy atom. The van der Waals surface area contributed by atoms with Crippen LogP contribution in [0.2, 0.25) is 0 Å². The van der Waals surface area contributed by atoms with Gasteiger partial charge in [0.25, 0.3) is 0 Å². The molecule has 1 aromatic heterocycles. The number of nitrogens with zero attached hydrogens (tertiary/aromatic N) is 2. The summed E-state index contributed by atoms with van der Waals surface area (Å²) in [6.07, 6.45) is 2.13. The number of hydrogen-bond acceptors (Lipinski definition) is 2. The third kappa shape index (κ3) is 3.28. The number of hydrogen-bond donors (Lipinski definition) is 1. The molecule has 0 saturated carbocycles. The van der Waals surface area contributed by atoms with E-state index in [1.54, 1.807) is 0 Å². The predicted molar refractivity (Wildman–Crippen MR) is 84.7 cm³/mol. The maximum Gasteiger partial charge on any atom is 0.0728 e. The number of benzene rings is 1. The molecular formula is C17H25N3. The summed E-state index contributed by atoms with van der Waals surface area (Å²) in [7, 11) is 1.99. The molecule has 20 heavy (non-hydrogen) atoms. The molecule has 0 saturated heterocycles. The first-order valence-electron chi connectivity index (χ1n) is 7.34. The Morgan fingerprint density at radius 2 is 1.80 bits per heavy atom. The number of nitrogens with one attached hydrogen (secondary N) is 1. The third-order valence-corrected chi connectivity index (χ3v) is 3.41. The Labute approximate surface area is 122 Å². The van der Waals surface area contributed by atoms with Crippen LogP contribution in [-0.2, 0) is 13.6 Å². The van der Waals surface area contributed by atoms with E-state index in [9.17, 15) is 0 Å². The molecule has 3 nitrogen and oxygen atoms in total. The van der Waals surface area contributed by atoms with Gasteiger partial charge in [0, 0.05) is 31.4 Å². The minimum absolute atomic E-state index is 0.428. The zero-order chi connectivity index (χ0) is 14.7. The van der Waals surface area contributed by atoms with Gasteiger partial charge in [0.1, 0.15) is 0 Å². The van der Waals surface area contributed by atoms with Crippen LogP contribution in [0, 0.1) is 0 Å². The lowest BCUT2D eigenvalue weighted by Crippen LogP contribution is -2.22. The van der Waals surface area contributed by atoms with E-state index in [4.69, 9.17) is 0 Å². The molecule has 0 atom stereocenters. The first-order chi connectivity index (χ1) is 9.49. The van der Waals surface area contributed by atoms with Gasteiger partial charge in [-0.3, -0.25) is 4.68 Å². The Bertz CT molecular complexity index is 567. The molecule has 0 unspecified atom stereocenters. The van der Waals surface area contributed by atoms with Gasteiger partial charge in [-0.1, -0.05) is 52.0 Å². The van der Waals surface area contributed by atoms with Gasteiger partial charge in [-0.05, 0) is 17.0 Å². The van der Waals surface area contributed by atoms with Crippen molar-refractivity contribution in [2.24, 2.45) is 7.05 Å². The molecule has 0 aliphatic rings. The second-order valence-electron chi connectivity index (χ2n) is 5.95. The van der Waals surface area contributed by atoms with Crippen molar-refractivity contribution in [2.75, 3.05) is 0 Å². The topological polar surface area (TPSA) is 29.9 Å². The summed E-state index contributed by atoms with van der Waals surface area (Å²) in [5.74, 6) is 0.428. The molecule has 1 heterocycles. The van der Waals surface area contributed by atoms with Gasteiger partial charge < -0.3 is 5.32 Å². The second kappa shape index (κ2) is 6.23. The Morgan fingerprint density at radius 3 is 2.45 bits per heavy atom. The van der Waals surface area contributed by atoms with E-state index in [1.165, 1.54) is 22.4 Å². The van der Waals surface area contributed by atoms with Gasteiger partial charge >= 0.3 is 0 Å². The Hall–Kier alpha value is -1.61. The largest absolute Gasteiger partial charge is 0.310 e. The summed E-state index contributed by atoms with van der Waals surface area (Å²) in [5, 5.41) is 8.12. The number of aromatic nitrogens is 2. The molecule has 0 fully saturated rings. The minimum Gasteiger partial charge on any atom is -0.310 e. The van der Waals surface area contributed by atoms with Crippen LogP contribution in [-0.4, -0.2) is 15.8 Å². The molecule has 0 bridgehead atoms. The van der Waals surface area contributed by atoms with E-state index >= 15 is 0 Å². The summed E-state index contributed by atoms with van der Waals surface area (Å²) in [6, 6.07) is 9.08. The van der Waals surface area contributed by atoms with E-state index in [-0.39, 0.29) is 0 Å². The molecular weight excluding hydrogens is 246 g/mol. The molecule has 2 rings (SSSR count). The lowest BCUT2D eigenvalue weighted by molar-refractivity contribution is 0.589. The van der Waals surface area contributed by atoms with Gasteiger partial charge in [0.05, 0.1) is 5.69 Å². The number of rotatable bonds is 5. The fraction of sp³-hybridized carbons (Fsp3) is 0.471. The average Bonchev–Trinajstić information content (AvgIpc) is 2.79. The lowest BCUT2D eigenvalue weighted by Gasteiger charge is -2.13. The van der Waals surface area contributed by atoms with E-state index in [1.807, 2.05) is 11.7 Å². The molecule has 108 valence electrons. The zero-order valence-corrected chi connectivity index (χ0v) is 13.1. The normalized spacial score (nSPS) is 11.6. The highest BCUT2D eigenvalue weighted by Gasteiger charge is 2.15. The quantitative estimate of drug-likeness (QED) is 0.898. The van der Waals surface area contributed by atoms with Crippen molar-refractivity contribution >= 4 is 0 Å². The molecule has 0 radical (unpaired) electrons. The van der Waals surface area contributed by atoms with Crippen molar-refractivity contribution in [3.8, 4) is 11.1 Å². The summed E-state index contributed by atoms with van der Waals surface area (Å²) >= 11 is 0. The van der Waals surface area contributed by atoms with Crippen molar-refractivity contribution in [3.63, 3.8) is 0 Å². The smallest absolute Gasteiger partial charge is 0.0728 e. The SMILES string of the molecule is CC(C)NCc1ccccc1-c1cn(C)nc1C(C)C. The summed E-state index contributed by atoms with van der Waals surface area (Å²) < 4.78 is 1.91. The van der Waals surface area contributed by atoms with Gasteiger partial charge in [-0.15, -0.1) is 0 Å². The van der Waals surface area contributed by atoms with E-state index in [0.717, 1.165) is 6.54 Å². The van der Waals surface area contributed by atoms with Crippen LogP contribution in [0.15, 0.2) is 30.5 Å². The standard InChI is InChI=1S/C17H25N3/c1-12(2)17-16(11-20(5)19-17)15-9-7-6-8-14(15)10-18-13(3)4/h6-9,11-13,18H,10H2,1-5H3. The molecule has 0 amide bonds. The van der Waals surface area contributed by atoms with Crippen molar-refractivity contribution < 1.29 is 0 Å². The third-order valence-electron chi connectivity index (χ3n) is 3.41. The van der Waals surface area contributed by atoms with Gasteiger partial charge in [-0.2, -0.15) is 5.10 Å². The van der Waals surface area contributed by atoms with Gasteiger partial charge in [0.2, 0.25) is 0 Å². The van der Waals surface area contributed by atoms with E-state index in [2.05, 4.69) is 68.6 Å².